The fraction of sp³-hybridized carbons (Fsp3) is 0.923. The monoisotopic (exact) mass is 536 g/mol. The van der Waals surface area contributed by atoms with Gasteiger partial charge in [-0.05, 0) is 50.5 Å². The molecule has 214 valence electrons. The number of nitrogens with two attached hydrogens (primary N) is 1. The Morgan fingerprint density at radius 2 is 1.76 bits per heavy atom. The lowest BCUT2D eigenvalue weighted by atomic mass is 9.71. The number of fused-ring (bicyclic) bond motifs is 1. The van der Waals surface area contributed by atoms with Gasteiger partial charge in [0.25, 0.3) is 0 Å². The van der Waals surface area contributed by atoms with E-state index in [-0.39, 0.29) is 37.1 Å². The molecule has 5 saturated heterocycles. The highest BCUT2D eigenvalue weighted by molar-refractivity contribution is 5.81. The summed E-state index contributed by atoms with van der Waals surface area (Å²) >= 11 is 0. The van der Waals surface area contributed by atoms with Gasteiger partial charge in [-0.2, -0.15) is 0 Å². The standard InChI is InChI=1S/C26H45FN8O3/c27-18-11-30-24-22(23(28)32-35(24)13-18)25(36)31-21-12-29-6-5-20(21)16-1-3-17(4-2-16)26(37)34-9-7-33(8-10-34)19-14-38-15-19/h16-24,29-30,32H,1-15,28H2,(H,31,36). The molecule has 0 aromatic carbocycles. The largest absolute Gasteiger partial charge is 0.378 e. The summed E-state index contributed by atoms with van der Waals surface area (Å²) in [5.74, 6) is 0.818. The number of piperazine rings is 1. The van der Waals surface area contributed by atoms with E-state index in [1.165, 1.54) is 0 Å². The SMILES string of the molecule is NC1NN2CC(F)CNC2C1C(=O)NC1CNCCC1C1CCC(C(=O)N2CCN(C3COC3)CC2)CC1. The third-order valence-electron chi connectivity index (χ3n) is 9.98. The number of carbonyl (C=O) groups is 2. The first kappa shape index (κ1) is 26.8. The van der Waals surface area contributed by atoms with Crippen LogP contribution in [0, 0.1) is 23.7 Å². The summed E-state index contributed by atoms with van der Waals surface area (Å²) in [5, 5.41) is 11.7. The molecule has 1 saturated carbocycles. The summed E-state index contributed by atoms with van der Waals surface area (Å²) in [7, 11) is 0. The van der Waals surface area contributed by atoms with E-state index in [1.807, 2.05) is 0 Å². The highest BCUT2D eigenvalue weighted by Gasteiger charge is 2.48. The van der Waals surface area contributed by atoms with Gasteiger partial charge in [0.2, 0.25) is 11.8 Å². The Kier molecular flexibility index (Phi) is 8.18. The van der Waals surface area contributed by atoms with E-state index >= 15 is 0 Å². The number of rotatable bonds is 5. The lowest BCUT2D eigenvalue weighted by Gasteiger charge is -2.44. The second-order valence-electron chi connectivity index (χ2n) is 12.2. The third kappa shape index (κ3) is 5.45. The Hall–Kier alpha value is -1.41. The van der Waals surface area contributed by atoms with Crippen LogP contribution in [0.4, 0.5) is 4.39 Å². The van der Waals surface area contributed by atoms with Crippen LogP contribution in [0.2, 0.25) is 0 Å². The van der Waals surface area contributed by atoms with Crippen molar-refractivity contribution in [2.45, 2.75) is 62.7 Å². The number of nitrogens with one attached hydrogen (secondary N) is 4. The van der Waals surface area contributed by atoms with Crippen molar-refractivity contribution in [3.63, 3.8) is 0 Å². The van der Waals surface area contributed by atoms with Crippen LogP contribution in [-0.2, 0) is 14.3 Å². The smallest absolute Gasteiger partial charge is 0.229 e. The van der Waals surface area contributed by atoms with E-state index in [0.29, 0.717) is 23.8 Å². The Balaban J connectivity index is 1.000. The summed E-state index contributed by atoms with van der Waals surface area (Å²) in [6, 6.07) is 0.581. The van der Waals surface area contributed by atoms with Gasteiger partial charge in [0.1, 0.15) is 6.17 Å². The van der Waals surface area contributed by atoms with E-state index < -0.39 is 18.3 Å². The van der Waals surface area contributed by atoms with Crippen LogP contribution >= 0.6 is 0 Å². The van der Waals surface area contributed by atoms with E-state index in [1.54, 1.807) is 5.01 Å². The van der Waals surface area contributed by atoms with Crippen molar-refractivity contribution in [1.29, 1.82) is 0 Å². The van der Waals surface area contributed by atoms with Gasteiger partial charge in [-0.3, -0.25) is 19.8 Å². The number of ether oxygens (including phenoxy) is 1. The highest BCUT2D eigenvalue weighted by Crippen LogP contribution is 2.38. The molecule has 2 amide bonds. The zero-order chi connectivity index (χ0) is 26.2. The Morgan fingerprint density at radius 1 is 1.00 bits per heavy atom. The number of piperidine rings is 1. The molecule has 0 aromatic heterocycles. The Labute approximate surface area is 224 Å². The van der Waals surface area contributed by atoms with Gasteiger partial charge >= 0.3 is 0 Å². The normalized spacial score (nSPS) is 41.4. The molecule has 0 aromatic rings. The van der Waals surface area contributed by atoms with Crippen LogP contribution in [0.5, 0.6) is 0 Å². The maximum Gasteiger partial charge on any atom is 0.229 e. The average Bonchev–Trinajstić information content (AvgIpc) is 3.23. The summed E-state index contributed by atoms with van der Waals surface area (Å²) in [6.45, 7) is 7.39. The predicted octanol–water partition coefficient (Wildman–Crippen LogP) is -1.58. The number of nitrogens with zero attached hydrogens (tertiary/aromatic N) is 3. The number of hydrazine groups is 1. The maximum atomic E-state index is 13.8. The van der Waals surface area contributed by atoms with E-state index in [4.69, 9.17) is 10.5 Å². The number of amides is 2. The molecule has 6 unspecified atom stereocenters. The summed E-state index contributed by atoms with van der Waals surface area (Å²) < 4.78 is 19.2. The fourth-order valence-electron chi connectivity index (χ4n) is 7.65. The molecule has 6 aliphatic rings. The first-order chi connectivity index (χ1) is 18.5. The van der Waals surface area contributed by atoms with Crippen LogP contribution in [0.25, 0.3) is 0 Å². The van der Waals surface area contributed by atoms with Gasteiger partial charge in [0.15, 0.2) is 0 Å². The van der Waals surface area contributed by atoms with Gasteiger partial charge in [0, 0.05) is 57.8 Å². The first-order valence-corrected chi connectivity index (χ1v) is 14.8. The lowest BCUT2D eigenvalue weighted by Crippen LogP contribution is -2.60. The van der Waals surface area contributed by atoms with Crippen molar-refractivity contribution in [3.8, 4) is 0 Å². The molecule has 6 N–H and O–H groups in total. The molecule has 38 heavy (non-hydrogen) atoms. The molecule has 5 heterocycles. The Morgan fingerprint density at radius 3 is 2.47 bits per heavy atom. The summed E-state index contributed by atoms with van der Waals surface area (Å²) in [6.07, 6.45) is 3.15. The molecule has 6 rings (SSSR count). The quantitative estimate of drug-likeness (QED) is 0.283. The van der Waals surface area contributed by atoms with Crippen molar-refractivity contribution < 1.29 is 18.7 Å². The average molecular weight is 537 g/mol. The van der Waals surface area contributed by atoms with Crippen molar-refractivity contribution in [1.82, 2.24) is 36.2 Å². The van der Waals surface area contributed by atoms with Crippen LogP contribution in [0.15, 0.2) is 0 Å². The highest BCUT2D eigenvalue weighted by atomic mass is 19.1. The van der Waals surface area contributed by atoms with E-state index in [0.717, 1.165) is 84.6 Å². The topological polar surface area (TPSA) is 127 Å². The first-order valence-electron chi connectivity index (χ1n) is 14.8. The summed E-state index contributed by atoms with van der Waals surface area (Å²) in [5.41, 5.74) is 9.34. The molecule has 5 aliphatic heterocycles. The second-order valence-corrected chi connectivity index (χ2v) is 12.2. The second kappa shape index (κ2) is 11.6. The van der Waals surface area contributed by atoms with Crippen molar-refractivity contribution >= 4 is 11.8 Å². The Bertz CT molecular complexity index is 848. The van der Waals surface area contributed by atoms with Crippen LogP contribution < -0.4 is 27.1 Å². The molecule has 6 fully saturated rings. The van der Waals surface area contributed by atoms with Gasteiger partial charge in [-0.25, -0.2) is 14.8 Å². The molecule has 6 atom stereocenters. The molecular weight excluding hydrogens is 491 g/mol. The minimum atomic E-state index is -0.978. The third-order valence-corrected chi connectivity index (χ3v) is 9.98. The maximum absolute atomic E-state index is 13.8. The van der Waals surface area contributed by atoms with Gasteiger partial charge in [-0.1, -0.05) is 0 Å². The molecular formula is C26H45FN8O3. The minimum Gasteiger partial charge on any atom is -0.378 e. The lowest BCUT2D eigenvalue weighted by molar-refractivity contribution is -0.141. The van der Waals surface area contributed by atoms with E-state index in [9.17, 15) is 14.0 Å². The summed E-state index contributed by atoms with van der Waals surface area (Å²) in [4.78, 5) is 31.2. The van der Waals surface area contributed by atoms with Crippen LogP contribution in [-0.4, -0.2) is 123 Å². The molecule has 12 heteroatoms. The van der Waals surface area contributed by atoms with Gasteiger partial charge in [0.05, 0.1) is 37.5 Å². The number of carbonyl (C=O) groups excluding carboxylic acids is 2. The van der Waals surface area contributed by atoms with Crippen molar-refractivity contribution in [3.05, 3.63) is 0 Å². The van der Waals surface area contributed by atoms with E-state index in [2.05, 4.69) is 31.2 Å². The van der Waals surface area contributed by atoms with Crippen LogP contribution in [0.3, 0.4) is 0 Å². The number of hydrogen-bond donors (Lipinski definition) is 5. The number of halogens is 1. The van der Waals surface area contributed by atoms with Crippen molar-refractivity contribution in [2.24, 2.45) is 29.4 Å². The number of alkyl halides is 1. The molecule has 0 bridgehead atoms. The number of hydrogen-bond acceptors (Lipinski definition) is 9. The van der Waals surface area contributed by atoms with Crippen molar-refractivity contribution in [2.75, 3.05) is 65.6 Å². The fourth-order valence-corrected chi connectivity index (χ4v) is 7.65. The zero-order valence-corrected chi connectivity index (χ0v) is 22.3. The predicted molar refractivity (Wildman–Crippen MR) is 139 cm³/mol. The molecule has 0 spiro atoms. The molecule has 1 aliphatic carbocycles. The minimum absolute atomic E-state index is 0.0378. The van der Waals surface area contributed by atoms with Gasteiger partial charge < -0.3 is 26.0 Å². The molecule has 0 radical (unpaired) electrons. The van der Waals surface area contributed by atoms with Gasteiger partial charge in [-0.15, -0.1) is 0 Å². The molecule has 11 nitrogen and oxygen atoms in total. The van der Waals surface area contributed by atoms with Crippen LogP contribution in [0.1, 0.15) is 32.1 Å². The zero-order valence-electron chi connectivity index (χ0n) is 22.3.